The molecule has 3 amide bonds. The smallest absolute Gasteiger partial charge is 0.258 e. The van der Waals surface area contributed by atoms with Gasteiger partial charge in [0.2, 0.25) is 5.91 Å². The number of nitrogens with zero attached hydrogens (tertiary/aromatic N) is 1. The average Bonchev–Trinajstić information content (AvgIpc) is 3.24. The SMILES string of the molecule is O=C(CCNC(=O)c1ccccc1)Nc1ccc(C(=O)N2CCc3ccccc32)cc1. The van der Waals surface area contributed by atoms with Gasteiger partial charge in [0.15, 0.2) is 0 Å². The van der Waals surface area contributed by atoms with Gasteiger partial charge in [0, 0.05) is 42.0 Å². The maximum absolute atomic E-state index is 12.9. The van der Waals surface area contributed by atoms with Crippen LogP contribution in [0.1, 0.15) is 32.7 Å². The first-order valence-corrected chi connectivity index (χ1v) is 10.2. The van der Waals surface area contributed by atoms with Gasteiger partial charge >= 0.3 is 0 Å². The van der Waals surface area contributed by atoms with Crippen LogP contribution in [-0.2, 0) is 11.2 Å². The Balaban J connectivity index is 1.28. The zero-order valence-corrected chi connectivity index (χ0v) is 17.0. The van der Waals surface area contributed by atoms with Gasteiger partial charge in [0.1, 0.15) is 0 Å². The Morgan fingerprint density at radius 2 is 1.52 bits per heavy atom. The highest BCUT2D eigenvalue weighted by Crippen LogP contribution is 2.29. The first-order valence-electron chi connectivity index (χ1n) is 10.2. The third kappa shape index (κ3) is 4.80. The van der Waals surface area contributed by atoms with Gasteiger partial charge in [-0.3, -0.25) is 14.4 Å². The van der Waals surface area contributed by atoms with Crippen LogP contribution >= 0.6 is 0 Å². The fourth-order valence-electron chi connectivity index (χ4n) is 3.61. The summed E-state index contributed by atoms with van der Waals surface area (Å²) in [7, 11) is 0. The summed E-state index contributed by atoms with van der Waals surface area (Å²) in [5, 5.41) is 5.52. The number of hydrogen-bond acceptors (Lipinski definition) is 3. The van der Waals surface area contributed by atoms with Crippen molar-refractivity contribution in [1.82, 2.24) is 5.32 Å². The average molecular weight is 413 g/mol. The molecule has 0 saturated carbocycles. The van der Waals surface area contributed by atoms with Crippen molar-refractivity contribution >= 4 is 29.1 Å². The van der Waals surface area contributed by atoms with Gasteiger partial charge in [-0.05, 0) is 54.4 Å². The lowest BCUT2D eigenvalue weighted by atomic mass is 10.1. The van der Waals surface area contributed by atoms with E-state index >= 15 is 0 Å². The van der Waals surface area contributed by atoms with E-state index in [9.17, 15) is 14.4 Å². The summed E-state index contributed by atoms with van der Waals surface area (Å²) in [5.74, 6) is -0.466. The molecule has 6 nitrogen and oxygen atoms in total. The van der Waals surface area contributed by atoms with E-state index < -0.39 is 0 Å². The Kier molecular flexibility index (Phi) is 6.08. The van der Waals surface area contributed by atoms with Crippen LogP contribution in [0.5, 0.6) is 0 Å². The van der Waals surface area contributed by atoms with Crippen molar-refractivity contribution in [3.8, 4) is 0 Å². The zero-order chi connectivity index (χ0) is 21.6. The standard InChI is InChI=1S/C25H23N3O3/c29-23(14-16-26-24(30)19-7-2-1-3-8-19)27-21-12-10-20(11-13-21)25(31)28-17-15-18-6-4-5-9-22(18)28/h1-13H,14-17H2,(H,26,30)(H,27,29). The highest BCUT2D eigenvalue weighted by molar-refractivity contribution is 6.07. The topological polar surface area (TPSA) is 78.5 Å². The Hall–Kier alpha value is -3.93. The number of rotatable bonds is 6. The molecule has 156 valence electrons. The third-order valence-electron chi connectivity index (χ3n) is 5.22. The second kappa shape index (κ2) is 9.26. The molecule has 3 aromatic rings. The molecule has 0 fully saturated rings. The molecule has 1 heterocycles. The molecular weight excluding hydrogens is 390 g/mol. The van der Waals surface area contributed by atoms with Gasteiger partial charge in [-0.15, -0.1) is 0 Å². The zero-order valence-electron chi connectivity index (χ0n) is 17.0. The molecule has 1 aliphatic rings. The van der Waals surface area contributed by atoms with Crippen molar-refractivity contribution in [1.29, 1.82) is 0 Å². The van der Waals surface area contributed by atoms with E-state index in [2.05, 4.69) is 10.6 Å². The molecule has 0 saturated heterocycles. The lowest BCUT2D eigenvalue weighted by Crippen LogP contribution is -2.29. The molecule has 3 aromatic carbocycles. The molecule has 0 radical (unpaired) electrons. The third-order valence-corrected chi connectivity index (χ3v) is 5.22. The molecule has 0 aliphatic carbocycles. The van der Waals surface area contributed by atoms with Crippen molar-refractivity contribution < 1.29 is 14.4 Å². The maximum atomic E-state index is 12.9. The van der Waals surface area contributed by atoms with Crippen LogP contribution in [0.2, 0.25) is 0 Å². The monoisotopic (exact) mass is 413 g/mol. The highest BCUT2D eigenvalue weighted by Gasteiger charge is 2.24. The van der Waals surface area contributed by atoms with Crippen LogP contribution in [0, 0.1) is 0 Å². The fraction of sp³-hybridized carbons (Fsp3) is 0.160. The van der Waals surface area contributed by atoms with E-state index in [-0.39, 0.29) is 30.7 Å². The summed E-state index contributed by atoms with van der Waals surface area (Å²) in [6.07, 6.45) is 1.01. The molecule has 4 rings (SSSR count). The Morgan fingerprint density at radius 1 is 0.806 bits per heavy atom. The van der Waals surface area contributed by atoms with E-state index in [0.717, 1.165) is 12.1 Å². The number of anilines is 2. The summed E-state index contributed by atoms with van der Waals surface area (Å²) >= 11 is 0. The quantitative estimate of drug-likeness (QED) is 0.648. The summed E-state index contributed by atoms with van der Waals surface area (Å²) in [5.41, 5.74) is 3.88. The number of amides is 3. The summed E-state index contributed by atoms with van der Waals surface area (Å²) in [4.78, 5) is 38.8. The molecule has 6 heteroatoms. The predicted octanol–water partition coefficient (Wildman–Crippen LogP) is 3.65. The largest absolute Gasteiger partial charge is 0.352 e. The summed E-state index contributed by atoms with van der Waals surface area (Å²) < 4.78 is 0. The minimum Gasteiger partial charge on any atom is -0.352 e. The van der Waals surface area contributed by atoms with Crippen LogP contribution < -0.4 is 15.5 Å². The summed E-state index contributed by atoms with van der Waals surface area (Å²) in [6.45, 7) is 0.913. The molecule has 31 heavy (non-hydrogen) atoms. The summed E-state index contributed by atoms with van der Waals surface area (Å²) in [6, 6.07) is 23.7. The number of fused-ring (bicyclic) bond motifs is 1. The number of hydrogen-bond donors (Lipinski definition) is 2. The molecule has 0 atom stereocenters. The molecule has 0 unspecified atom stereocenters. The van der Waals surface area contributed by atoms with Crippen molar-refractivity contribution in [3.63, 3.8) is 0 Å². The maximum Gasteiger partial charge on any atom is 0.258 e. The number of para-hydroxylation sites is 1. The normalized spacial score (nSPS) is 12.2. The number of carbonyl (C=O) groups excluding carboxylic acids is 3. The number of nitrogens with one attached hydrogen (secondary N) is 2. The van der Waals surface area contributed by atoms with Crippen molar-refractivity contribution in [3.05, 3.63) is 95.6 Å². The van der Waals surface area contributed by atoms with Crippen molar-refractivity contribution in [2.24, 2.45) is 0 Å². The van der Waals surface area contributed by atoms with Gasteiger partial charge in [-0.25, -0.2) is 0 Å². The van der Waals surface area contributed by atoms with Crippen molar-refractivity contribution in [2.45, 2.75) is 12.8 Å². The van der Waals surface area contributed by atoms with E-state index in [1.807, 2.05) is 30.3 Å². The molecule has 1 aliphatic heterocycles. The predicted molar refractivity (Wildman–Crippen MR) is 120 cm³/mol. The van der Waals surface area contributed by atoms with Crippen molar-refractivity contribution in [2.75, 3.05) is 23.3 Å². The Labute approximate surface area is 180 Å². The van der Waals surface area contributed by atoms with E-state index in [1.165, 1.54) is 5.56 Å². The first-order chi connectivity index (χ1) is 15.1. The molecule has 0 spiro atoms. The van der Waals surface area contributed by atoms with Gasteiger partial charge in [0.25, 0.3) is 11.8 Å². The Morgan fingerprint density at radius 3 is 2.29 bits per heavy atom. The minimum atomic E-state index is -0.209. The molecule has 0 aromatic heterocycles. The van der Waals surface area contributed by atoms with Gasteiger partial charge in [-0.1, -0.05) is 36.4 Å². The van der Waals surface area contributed by atoms with Gasteiger partial charge < -0.3 is 15.5 Å². The van der Waals surface area contributed by atoms with Crippen LogP contribution in [0.3, 0.4) is 0 Å². The van der Waals surface area contributed by atoms with Crippen LogP contribution in [0.15, 0.2) is 78.9 Å². The Bertz CT molecular complexity index is 1090. The van der Waals surface area contributed by atoms with Crippen LogP contribution in [0.25, 0.3) is 0 Å². The second-order valence-electron chi connectivity index (χ2n) is 7.33. The van der Waals surface area contributed by atoms with Crippen LogP contribution in [-0.4, -0.2) is 30.8 Å². The number of benzene rings is 3. The van der Waals surface area contributed by atoms with Gasteiger partial charge in [0.05, 0.1) is 0 Å². The lowest BCUT2D eigenvalue weighted by Gasteiger charge is -2.17. The van der Waals surface area contributed by atoms with E-state index in [1.54, 1.807) is 53.4 Å². The van der Waals surface area contributed by atoms with E-state index in [0.29, 0.717) is 23.4 Å². The minimum absolute atomic E-state index is 0.0496. The molecule has 2 N–H and O–H groups in total. The molecule has 0 bridgehead atoms. The highest BCUT2D eigenvalue weighted by atomic mass is 16.2. The lowest BCUT2D eigenvalue weighted by molar-refractivity contribution is -0.116. The van der Waals surface area contributed by atoms with Crippen LogP contribution in [0.4, 0.5) is 11.4 Å². The van der Waals surface area contributed by atoms with Gasteiger partial charge in [-0.2, -0.15) is 0 Å². The second-order valence-corrected chi connectivity index (χ2v) is 7.33. The number of carbonyl (C=O) groups is 3. The van der Waals surface area contributed by atoms with E-state index in [4.69, 9.17) is 0 Å². The first kappa shape index (κ1) is 20.3. The molecular formula is C25H23N3O3. The fourth-order valence-corrected chi connectivity index (χ4v) is 3.61.